The van der Waals surface area contributed by atoms with Gasteiger partial charge in [-0.2, -0.15) is 0 Å². The number of amides is 2. The minimum absolute atomic E-state index is 0.0301. The highest BCUT2D eigenvalue weighted by atomic mass is 16.5. The van der Waals surface area contributed by atoms with Gasteiger partial charge in [-0.15, -0.1) is 0 Å². The quantitative estimate of drug-likeness (QED) is 0.790. The summed E-state index contributed by atoms with van der Waals surface area (Å²) in [4.78, 5) is 24.8. The van der Waals surface area contributed by atoms with Crippen LogP contribution in [0.2, 0.25) is 0 Å². The molecule has 0 radical (unpaired) electrons. The average molecular weight is 258 g/mol. The van der Waals surface area contributed by atoms with E-state index in [0.29, 0.717) is 0 Å². The molecule has 1 saturated heterocycles. The second-order valence-electron chi connectivity index (χ2n) is 4.83. The van der Waals surface area contributed by atoms with Crippen LogP contribution in [0, 0.1) is 0 Å². The van der Waals surface area contributed by atoms with Gasteiger partial charge in [-0.05, 0) is 33.1 Å². The fourth-order valence-electron chi connectivity index (χ4n) is 2.39. The first-order chi connectivity index (χ1) is 8.47. The number of hydrogen-bond donors (Lipinski definition) is 2. The maximum Gasteiger partial charge on any atom is 0.328 e. The Kier molecular flexibility index (Phi) is 5.40. The van der Waals surface area contributed by atoms with Crippen LogP contribution in [0.1, 0.15) is 33.1 Å². The van der Waals surface area contributed by atoms with Gasteiger partial charge >= 0.3 is 12.0 Å². The maximum absolute atomic E-state index is 12.1. The second kappa shape index (κ2) is 6.58. The summed E-state index contributed by atoms with van der Waals surface area (Å²) in [5.74, 6) is -1.08. The van der Waals surface area contributed by atoms with Crippen LogP contribution in [0.4, 0.5) is 4.79 Å². The number of carboxylic acids is 1. The van der Waals surface area contributed by atoms with Crippen LogP contribution in [0.15, 0.2) is 0 Å². The minimum atomic E-state index is -1.08. The van der Waals surface area contributed by atoms with E-state index in [0.717, 1.165) is 19.3 Å². The molecule has 1 rings (SSSR count). The van der Waals surface area contributed by atoms with Crippen LogP contribution in [0.5, 0.6) is 0 Å². The molecule has 6 heteroatoms. The number of aliphatic carboxylic acids is 1. The number of urea groups is 1. The molecule has 1 fully saturated rings. The van der Waals surface area contributed by atoms with Crippen LogP contribution in [-0.4, -0.2) is 53.8 Å². The number of methoxy groups -OCH3 is 1. The highest BCUT2D eigenvalue weighted by molar-refractivity contribution is 5.83. The van der Waals surface area contributed by atoms with Crippen LogP contribution in [0.3, 0.4) is 0 Å². The smallest absolute Gasteiger partial charge is 0.328 e. The molecule has 0 aromatic heterocycles. The number of rotatable bonds is 4. The van der Waals surface area contributed by atoms with E-state index in [-0.39, 0.29) is 24.7 Å². The number of likely N-dealkylation sites (tertiary alicyclic amines) is 1. The van der Waals surface area contributed by atoms with E-state index in [9.17, 15) is 9.59 Å². The number of piperidine rings is 1. The summed E-state index contributed by atoms with van der Waals surface area (Å²) in [7, 11) is 1.41. The van der Waals surface area contributed by atoms with Crippen LogP contribution in [-0.2, 0) is 9.53 Å². The first kappa shape index (κ1) is 14.8. The average Bonchev–Trinajstić information content (AvgIpc) is 2.28. The molecule has 0 saturated carbocycles. The Morgan fingerprint density at radius 3 is 2.39 bits per heavy atom. The number of carboxylic acid groups (broad SMARTS) is 1. The molecule has 1 heterocycles. The molecule has 3 unspecified atom stereocenters. The van der Waals surface area contributed by atoms with Crippen molar-refractivity contribution in [3.05, 3.63) is 0 Å². The number of hydrogen-bond acceptors (Lipinski definition) is 3. The van der Waals surface area contributed by atoms with E-state index < -0.39 is 12.0 Å². The Morgan fingerprint density at radius 1 is 1.39 bits per heavy atom. The van der Waals surface area contributed by atoms with Crippen molar-refractivity contribution < 1.29 is 19.4 Å². The number of nitrogens with zero attached hydrogens (tertiary/aromatic N) is 1. The maximum atomic E-state index is 12.1. The van der Waals surface area contributed by atoms with E-state index in [1.807, 2.05) is 13.8 Å². The molecule has 0 aromatic carbocycles. The van der Waals surface area contributed by atoms with Crippen molar-refractivity contribution in [1.82, 2.24) is 10.2 Å². The fraction of sp³-hybridized carbons (Fsp3) is 0.833. The molecule has 6 nitrogen and oxygen atoms in total. The van der Waals surface area contributed by atoms with Gasteiger partial charge in [0.25, 0.3) is 0 Å². The molecule has 1 aliphatic heterocycles. The SMILES string of the molecule is COCC(NC(=O)N1C(C)CCCC1C)C(=O)O. The molecular formula is C12H22N2O4. The Bertz CT molecular complexity index is 298. The van der Waals surface area contributed by atoms with Gasteiger partial charge < -0.3 is 20.1 Å². The van der Waals surface area contributed by atoms with Crippen molar-refractivity contribution in [2.45, 2.75) is 51.2 Å². The van der Waals surface area contributed by atoms with E-state index in [1.165, 1.54) is 7.11 Å². The third kappa shape index (κ3) is 3.60. The van der Waals surface area contributed by atoms with Gasteiger partial charge in [0.1, 0.15) is 0 Å². The summed E-state index contributed by atoms with van der Waals surface area (Å²) in [5.41, 5.74) is 0. The molecule has 0 aromatic rings. The summed E-state index contributed by atoms with van der Waals surface area (Å²) in [6, 6.07) is -1.03. The van der Waals surface area contributed by atoms with Gasteiger partial charge in [0.2, 0.25) is 0 Å². The van der Waals surface area contributed by atoms with Crippen LogP contribution >= 0.6 is 0 Å². The molecular weight excluding hydrogens is 236 g/mol. The van der Waals surface area contributed by atoms with Gasteiger partial charge in [0, 0.05) is 19.2 Å². The lowest BCUT2D eigenvalue weighted by atomic mass is 9.98. The number of ether oxygens (including phenoxy) is 1. The zero-order valence-corrected chi connectivity index (χ0v) is 11.2. The van der Waals surface area contributed by atoms with Gasteiger partial charge in [-0.25, -0.2) is 9.59 Å². The third-order valence-electron chi connectivity index (χ3n) is 3.36. The van der Waals surface area contributed by atoms with E-state index in [4.69, 9.17) is 9.84 Å². The summed E-state index contributed by atoms with van der Waals surface area (Å²) >= 11 is 0. The lowest BCUT2D eigenvalue weighted by Crippen LogP contribution is -2.56. The van der Waals surface area contributed by atoms with Crippen molar-refractivity contribution >= 4 is 12.0 Å². The molecule has 2 N–H and O–H groups in total. The molecule has 0 aliphatic carbocycles. The van der Waals surface area contributed by atoms with Gasteiger partial charge in [0.05, 0.1) is 6.61 Å². The van der Waals surface area contributed by atoms with Crippen molar-refractivity contribution in [2.24, 2.45) is 0 Å². The highest BCUT2D eigenvalue weighted by Gasteiger charge is 2.31. The lowest BCUT2D eigenvalue weighted by Gasteiger charge is -2.39. The van der Waals surface area contributed by atoms with Crippen molar-refractivity contribution in [3.8, 4) is 0 Å². The third-order valence-corrected chi connectivity index (χ3v) is 3.36. The topological polar surface area (TPSA) is 78.9 Å². The first-order valence-corrected chi connectivity index (χ1v) is 6.28. The number of carbonyl (C=O) groups is 2. The molecule has 0 spiro atoms. The molecule has 0 bridgehead atoms. The Hall–Kier alpha value is -1.30. The van der Waals surface area contributed by atoms with Crippen molar-refractivity contribution in [2.75, 3.05) is 13.7 Å². The van der Waals surface area contributed by atoms with Gasteiger partial charge in [0.15, 0.2) is 6.04 Å². The molecule has 104 valence electrons. The standard InChI is InChI=1S/C12H22N2O4/c1-8-5-4-6-9(2)14(8)12(17)13-10(7-18-3)11(15)16/h8-10H,4-7H2,1-3H3,(H,13,17)(H,15,16). The number of carbonyl (C=O) groups excluding carboxylic acids is 1. The lowest BCUT2D eigenvalue weighted by molar-refractivity contribution is -0.140. The number of nitrogens with one attached hydrogen (secondary N) is 1. The summed E-state index contributed by atoms with van der Waals surface area (Å²) < 4.78 is 4.79. The second-order valence-corrected chi connectivity index (χ2v) is 4.83. The predicted octanol–water partition coefficient (Wildman–Crippen LogP) is 1.06. The van der Waals surface area contributed by atoms with E-state index in [1.54, 1.807) is 4.90 Å². The summed E-state index contributed by atoms with van der Waals surface area (Å²) in [5, 5.41) is 11.5. The highest BCUT2D eigenvalue weighted by Crippen LogP contribution is 2.22. The van der Waals surface area contributed by atoms with Crippen LogP contribution in [0.25, 0.3) is 0 Å². The largest absolute Gasteiger partial charge is 0.480 e. The zero-order valence-electron chi connectivity index (χ0n) is 11.2. The van der Waals surface area contributed by atoms with Crippen molar-refractivity contribution in [1.29, 1.82) is 0 Å². The Balaban J connectivity index is 2.64. The van der Waals surface area contributed by atoms with Gasteiger partial charge in [-0.1, -0.05) is 0 Å². The van der Waals surface area contributed by atoms with E-state index in [2.05, 4.69) is 5.32 Å². The predicted molar refractivity (Wildman–Crippen MR) is 66.4 cm³/mol. The molecule has 1 aliphatic rings. The van der Waals surface area contributed by atoms with Gasteiger partial charge in [-0.3, -0.25) is 0 Å². The molecule has 18 heavy (non-hydrogen) atoms. The molecule has 2 amide bonds. The zero-order chi connectivity index (χ0) is 13.7. The van der Waals surface area contributed by atoms with Crippen LogP contribution < -0.4 is 5.32 Å². The monoisotopic (exact) mass is 258 g/mol. The minimum Gasteiger partial charge on any atom is -0.480 e. The summed E-state index contributed by atoms with van der Waals surface area (Å²) in [6.07, 6.45) is 3.02. The van der Waals surface area contributed by atoms with Crippen molar-refractivity contribution in [3.63, 3.8) is 0 Å². The fourth-order valence-corrected chi connectivity index (χ4v) is 2.39. The Morgan fingerprint density at radius 2 is 1.94 bits per heavy atom. The normalized spacial score (nSPS) is 25.6. The Labute approximate surface area is 107 Å². The van der Waals surface area contributed by atoms with E-state index >= 15 is 0 Å². The summed E-state index contributed by atoms with van der Waals surface area (Å²) in [6.45, 7) is 3.94. The first-order valence-electron chi connectivity index (χ1n) is 6.28. The molecule has 3 atom stereocenters.